The van der Waals surface area contributed by atoms with Gasteiger partial charge in [-0.05, 0) is 19.3 Å². The third-order valence-electron chi connectivity index (χ3n) is 2.35. The third kappa shape index (κ3) is 1.98. The van der Waals surface area contributed by atoms with Gasteiger partial charge in [-0.1, -0.05) is 5.16 Å². The van der Waals surface area contributed by atoms with Crippen LogP contribution in [0.25, 0.3) is 0 Å². The molecule has 6 heteroatoms. The summed E-state index contributed by atoms with van der Waals surface area (Å²) < 4.78 is 5.56. The Balaban J connectivity index is 2.20. The summed E-state index contributed by atoms with van der Waals surface area (Å²) in [4.78, 5) is 7.97. The molecule has 6 nitrogen and oxygen atoms in total. The summed E-state index contributed by atoms with van der Waals surface area (Å²) in [6.07, 6.45) is 6.39. The van der Waals surface area contributed by atoms with Crippen molar-refractivity contribution in [1.82, 2.24) is 9.97 Å². The van der Waals surface area contributed by atoms with E-state index in [1.54, 1.807) is 0 Å². The fraction of sp³-hybridized carbons (Fsp3) is 0.444. The van der Waals surface area contributed by atoms with Crippen LogP contribution < -0.4 is 10.5 Å². The molecule has 0 atom stereocenters. The van der Waals surface area contributed by atoms with E-state index >= 15 is 0 Å². The highest BCUT2D eigenvalue weighted by Gasteiger charge is 2.22. The summed E-state index contributed by atoms with van der Waals surface area (Å²) in [5.41, 5.74) is 5.73. The Hall–Kier alpha value is -1.85. The third-order valence-corrected chi connectivity index (χ3v) is 2.35. The van der Waals surface area contributed by atoms with E-state index in [-0.39, 0.29) is 17.6 Å². The second kappa shape index (κ2) is 4.12. The number of amidine groups is 1. The van der Waals surface area contributed by atoms with Crippen LogP contribution in [0.2, 0.25) is 0 Å². The summed E-state index contributed by atoms with van der Waals surface area (Å²) in [5, 5.41) is 11.4. The average Bonchev–Trinajstić information content (AvgIpc) is 2.23. The van der Waals surface area contributed by atoms with Gasteiger partial charge in [0.1, 0.15) is 6.10 Å². The van der Waals surface area contributed by atoms with E-state index in [1.807, 2.05) is 0 Å². The molecule has 1 aliphatic rings. The lowest BCUT2D eigenvalue weighted by molar-refractivity contribution is 0.113. The van der Waals surface area contributed by atoms with E-state index in [0.717, 1.165) is 12.8 Å². The first-order valence-electron chi connectivity index (χ1n) is 4.77. The van der Waals surface area contributed by atoms with Crippen molar-refractivity contribution in [3.63, 3.8) is 0 Å². The average molecular weight is 208 g/mol. The van der Waals surface area contributed by atoms with Crippen LogP contribution in [-0.4, -0.2) is 27.1 Å². The number of hydrogen-bond donors (Lipinski definition) is 2. The van der Waals surface area contributed by atoms with Crippen LogP contribution in [0.3, 0.4) is 0 Å². The Morgan fingerprint density at radius 2 is 2.20 bits per heavy atom. The lowest BCUT2D eigenvalue weighted by atomic mass is 9.96. The molecule has 1 aromatic rings. The summed E-state index contributed by atoms with van der Waals surface area (Å²) in [7, 11) is 0. The number of oxime groups is 1. The van der Waals surface area contributed by atoms with Gasteiger partial charge in [0.15, 0.2) is 11.5 Å². The molecule has 1 aromatic heterocycles. The van der Waals surface area contributed by atoms with Gasteiger partial charge in [0.25, 0.3) is 0 Å². The minimum Gasteiger partial charge on any atom is -0.473 e. The molecule has 0 radical (unpaired) electrons. The Kier molecular flexibility index (Phi) is 2.66. The number of hydrogen-bond acceptors (Lipinski definition) is 5. The van der Waals surface area contributed by atoms with Gasteiger partial charge in [0, 0.05) is 12.4 Å². The molecule has 15 heavy (non-hydrogen) atoms. The molecule has 0 unspecified atom stereocenters. The molecule has 1 saturated carbocycles. The van der Waals surface area contributed by atoms with Gasteiger partial charge in [-0.2, -0.15) is 0 Å². The number of nitrogens with zero attached hydrogens (tertiary/aromatic N) is 3. The quantitative estimate of drug-likeness (QED) is 0.326. The van der Waals surface area contributed by atoms with Crippen LogP contribution in [0.4, 0.5) is 0 Å². The second-order valence-electron chi connectivity index (χ2n) is 3.37. The van der Waals surface area contributed by atoms with Crippen molar-refractivity contribution in [2.24, 2.45) is 10.9 Å². The van der Waals surface area contributed by atoms with E-state index in [1.165, 1.54) is 18.8 Å². The largest absolute Gasteiger partial charge is 0.473 e. The lowest BCUT2D eigenvalue weighted by Gasteiger charge is -2.26. The van der Waals surface area contributed by atoms with Crippen molar-refractivity contribution in [3.8, 4) is 5.88 Å². The van der Waals surface area contributed by atoms with Crippen LogP contribution in [0, 0.1) is 0 Å². The minimum absolute atomic E-state index is 0.0857. The number of rotatable bonds is 3. The van der Waals surface area contributed by atoms with Gasteiger partial charge in [-0.3, -0.25) is 0 Å². The maximum absolute atomic E-state index is 8.56. The highest BCUT2D eigenvalue weighted by atomic mass is 16.5. The molecule has 3 N–H and O–H groups in total. The summed E-state index contributed by atoms with van der Waals surface area (Å²) in [6.45, 7) is 0. The maximum atomic E-state index is 8.56. The fourth-order valence-corrected chi connectivity index (χ4v) is 1.28. The van der Waals surface area contributed by atoms with Gasteiger partial charge in [-0.25, -0.2) is 9.97 Å². The van der Waals surface area contributed by atoms with Crippen molar-refractivity contribution in [3.05, 3.63) is 18.1 Å². The van der Waals surface area contributed by atoms with E-state index in [9.17, 15) is 0 Å². The van der Waals surface area contributed by atoms with E-state index in [2.05, 4.69) is 15.1 Å². The molecule has 0 amide bonds. The predicted octanol–water partition coefficient (Wildman–Crippen LogP) is 0.502. The summed E-state index contributed by atoms with van der Waals surface area (Å²) in [5.74, 6) is 0.245. The lowest BCUT2D eigenvalue weighted by Crippen LogP contribution is -2.27. The van der Waals surface area contributed by atoms with Crippen LogP contribution in [-0.2, 0) is 0 Å². The fourth-order valence-electron chi connectivity index (χ4n) is 1.28. The van der Waals surface area contributed by atoms with Crippen molar-refractivity contribution in [2.45, 2.75) is 25.4 Å². The molecular weight excluding hydrogens is 196 g/mol. The van der Waals surface area contributed by atoms with Crippen LogP contribution in [0.5, 0.6) is 5.88 Å². The Morgan fingerprint density at radius 1 is 1.47 bits per heavy atom. The van der Waals surface area contributed by atoms with Crippen LogP contribution >= 0.6 is 0 Å². The van der Waals surface area contributed by atoms with Crippen LogP contribution in [0.15, 0.2) is 17.5 Å². The predicted molar refractivity (Wildman–Crippen MR) is 52.8 cm³/mol. The number of nitrogens with two attached hydrogens (primary N) is 1. The Morgan fingerprint density at radius 3 is 2.80 bits per heavy atom. The van der Waals surface area contributed by atoms with Crippen molar-refractivity contribution in [2.75, 3.05) is 0 Å². The minimum atomic E-state index is -0.0857. The molecule has 0 spiro atoms. The monoisotopic (exact) mass is 208 g/mol. The first-order chi connectivity index (χ1) is 7.31. The molecule has 1 fully saturated rings. The first kappa shape index (κ1) is 9.70. The Bertz CT molecular complexity index is 376. The molecule has 0 bridgehead atoms. The second-order valence-corrected chi connectivity index (χ2v) is 3.37. The number of ether oxygens (including phenoxy) is 1. The van der Waals surface area contributed by atoms with E-state index < -0.39 is 0 Å². The standard InChI is InChI=1S/C9H12N4O2/c10-8(13-14)7-9(12-5-4-11-7)15-6-2-1-3-6/h4-6,14H,1-3H2,(H2,10,13). The molecule has 1 aliphatic carbocycles. The topological polar surface area (TPSA) is 93.6 Å². The zero-order valence-electron chi connectivity index (χ0n) is 8.13. The van der Waals surface area contributed by atoms with Crippen molar-refractivity contribution < 1.29 is 9.94 Å². The molecular formula is C9H12N4O2. The van der Waals surface area contributed by atoms with E-state index in [4.69, 9.17) is 15.7 Å². The highest BCUT2D eigenvalue weighted by molar-refractivity contribution is 5.97. The van der Waals surface area contributed by atoms with Crippen molar-refractivity contribution in [1.29, 1.82) is 0 Å². The van der Waals surface area contributed by atoms with Gasteiger partial charge < -0.3 is 15.7 Å². The molecule has 1 heterocycles. The zero-order valence-corrected chi connectivity index (χ0v) is 8.13. The zero-order chi connectivity index (χ0) is 10.7. The number of aromatic nitrogens is 2. The van der Waals surface area contributed by atoms with Gasteiger partial charge >= 0.3 is 0 Å². The highest BCUT2D eigenvalue weighted by Crippen LogP contribution is 2.24. The molecule has 0 aliphatic heterocycles. The van der Waals surface area contributed by atoms with Gasteiger partial charge in [-0.15, -0.1) is 0 Å². The summed E-state index contributed by atoms with van der Waals surface area (Å²) >= 11 is 0. The SMILES string of the molecule is NC(=NO)c1nccnc1OC1CCC1. The summed E-state index contributed by atoms with van der Waals surface area (Å²) in [6, 6.07) is 0. The van der Waals surface area contributed by atoms with Crippen LogP contribution in [0.1, 0.15) is 25.0 Å². The van der Waals surface area contributed by atoms with Gasteiger partial charge in [0.2, 0.25) is 5.88 Å². The molecule has 80 valence electrons. The molecule has 0 aromatic carbocycles. The maximum Gasteiger partial charge on any atom is 0.244 e. The van der Waals surface area contributed by atoms with E-state index in [0.29, 0.717) is 5.88 Å². The molecule has 0 saturated heterocycles. The Labute approximate surface area is 86.8 Å². The molecule has 2 rings (SSSR count). The normalized spacial score (nSPS) is 17.2. The van der Waals surface area contributed by atoms with Crippen molar-refractivity contribution >= 4 is 5.84 Å². The smallest absolute Gasteiger partial charge is 0.244 e. The van der Waals surface area contributed by atoms with Gasteiger partial charge in [0.05, 0.1) is 0 Å². The first-order valence-corrected chi connectivity index (χ1v) is 4.77.